The molecule has 0 aromatic heterocycles. The summed E-state index contributed by atoms with van der Waals surface area (Å²) in [5.74, 6) is 1.87. The minimum Gasteiger partial charge on any atom is -0.491 e. The maximum Gasteiger partial charge on any atom is 0.191 e. The number of guanidine groups is 1. The number of likely N-dealkylation sites (tertiary alicyclic amines) is 1. The molecule has 1 saturated heterocycles. The molecule has 2 rings (SSSR count). The van der Waals surface area contributed by atoms with E-state index in [1.54, 1.807) is 0 Å². The van der Waals surface area contributed by atoms with E-state index in [0.29, 0.717) is 12.6 Å². The van der Waals surface area contributed by atoms with Gasteiger partial charge in [-0.15, -0.1) is 0 Å². The SMILES string of the molecule is CCCN1CCC(NC(=NC)NCCOc2c(C)cccc2C)CC1. The van der Waals surface area contributed by atoms with Gasteiger partial charge in [-0.2, -0.15) is 0 Å². The molecule has 0 amide bonds. The summed E-state index contributed by atoms with van der Waals surface area (Å²) in [4.78, 5) is 6.89. The minimum atomic E-state index is 0.513. The van der Waals surface area contributed by atoms with Gasteiger partial charge < -0.3 is 20.3 Å². The third-order valence-electron chi connectivity index (χ3n) is 4.74. The Balaban J connectivity index is 1.69. The maximum absolute atomic E-state index is 5.94. The van der Waals surface area contributed by atoms with E-state index in [-0.39, 0.29) is 0 Å². The maximum atomic E-state index is 5.94. The number of para-hydroxylation sites is 1. The number of nitrogens with zero attached hydrogens (tertiary/aromatic N) is 2. The van der Waals surface area contributed by atoms with E-state index < -0.39 is 0 Å². The number of hydrogen-bond donors (Lipinski definition) is 2. The van der Waals surface area contributed by atoms with Crippen LogP contribution in [0.5, 0.6) is 5.75 Å². The first-order chi connectivity index (χ1) is 12.1. The van der Waals surface area contributed by atoms with Crippen LogP contribution >= 0.6 is 0 Å². The predicted octanol–water partition coefficient (Wildman–Crippen LogP) is 2.72. The molecule has 5 nitrogen and oxygen atoms in total. The van der Waals surface area contributed by atoms with Crippen molar-refractivity contribution in [3.8, 4) is 5.75 Å². The Hall–Kier alpha value is -1.75. The second kappa shape index (κ2) is 10.3. The van der Waals surface area contributed by atoms with Crippen LogP contribution in [-0.2, 0) is 0 Å². The van der Waals surface area contributed by atoms with Crippen molar-refractivity contribution >= 4 is 5.96 Å². The van der Waals surface area contributed by atoms with Crippen LogP contribution in [0.2, 0.25) is 0 Å². The Labute approximate surface area is 152 Å². The van der Waals surface area contributed by atoms with E-state index in [0.717, 1.165) is 18.3 Å². The van der Waals surface area contributed by atoms with Gasteiger partial charge in [0.2, 0.25) is 0 Å². The zero-order valence-electron chi connectivity index (χ0n) is 16.3. The second-order valence-corrected chi connectivity index (χ2v) is 6.83. The fourth-order valence-corrected chi connectivity index (χ4v) is 3.35. The molecule has 1 aromatic rings. The van der Waals surface area contributed by atoms with Gasteiger partial charge in [-0.3, -0.25) is 4.99 Å². The van der Waals surface area contributed by atoms with Crippen LogP contribution in [0.4, 0.5) is 0 Å². The Bertz CT molecular complexity index is 530. The van der Waals surface area contributed by atoms with Crippen molar-refractivity contribution in [1.82, 2.24) is 15.5 Å². The molecule has 5 heteroatoms. The number of nitrogens with one attached hydrogen (secondary N) is 2. The average molecular weight is 347 g/mol. The monoisotopic (exact) mass is 346 g/mol. The molecule has 25 heavy (non-hydrogen) atoms. The van der Waals surface area contributed by atoms with Gasteiger partial charge in [0.15, 0.2) is 5.96 Å². The van der Waals surface area contributed by atoms with E-state index in [1.807, 2.05) is 7.05 Å². The standard InChI is InChI=1S/C20H34N4O/c1-5-12-24-13-9-18(10-14-24)23-20(21-4)22-11-15-25-19-16(2)7-6-8-17(19)3/h6-8,18H,5,9-15H2,1-4H3,(H2,21,22,23). The molecule has 1 aliphatic heterocycles. The first-order valence-corrected chi connectivity index (χ1v) is 9.52. The van der Waals surface area contributed by atoms with Crippen LogP contribution in [0.3, 0.4) is 0 Å². The summed E-state index contributed by atoms with van der Waals surface area (Å²) in [5, 5.41) is 6.91. The predicted molar refractivity (Wildman–Crippen MR) is 106 cm³/mol. The molecule has 2 N–H and O–H groups in total. The fraction of sp³-hybridized carbons (Fsp3) is 0.650. The summed E-state index contributed by atoms with van der Waals surface area (Å²) < 4.78 is 5.94. The van der Waals surface area contributed by atoms with Gasteiger partial charge in [-0.05, 0) is 50.8 Å². The zero-order chi connectivity index (χ0) is 18.1. The molecule has 140 valence electrons. The third-order valence-corrected chi connectivity index (χ3v) is 4.74. The van der Waals surface area contributed by atoms with E-state index in [2.05, 4.69) is 59.5 Å². The van der Waals surface area contributed by atoms with Gasteiger partial charge in [0.05, 0.1) is 6.54 Å². The van der Waals surface area contributed by atoms with Gasteiger partial charge in [0.25, 0.3) is 0 Å². The summed E-state index contributed by atoms with van der Waals surface area (Å²) in [6, 6.07) is 6.74. The quantitative estimate of drug-likeness (QED) is 0.453. The van der Waals surface area contributed by atoms with Crippen molar-refractivity contribution in [2.75, 3.05) is 39.8 Å². The molecule has 1 aromatic carbocycles. The molecule has 0 bridgehead atoms. The molecule has 1 heterocycles. The van der Waals surface area contributed by atoms with Crippen molar-refractivity contribution < 1.29 is 4.74 Å². The lowest BCUT2D eigenvalue weighted by atomic mass is 10.1. The first kappa shape index (κ1) is 19.6. The summed E-state index contributed by atoms with van der Waals surface area (Å²) in [7, 11) is 1.83. The highest BCUT2D eigenvalue weighted by Gasteiger charge is 2.19. The molecule has 0 aliphatic carbocycles. The highest BCUT2D eigenvalue weighted by atomic mass is 16.5. The lowest BCUT2D eigenvalue weighted by Crippen LogP contribution is -2.49. The Morgan fingerprint density at radius 3 is 2.52 bits per heavy atom. The number of hydrogen-bond acceptors (Lipinski definition) is 3. The van der Waals surface area contributed by atoms with Crippen molar-refractivity contribution in [2.24, 2.45) is 4.99 Å². The molecular formula is C20H34N4O. The van der Waals surface area contributed by atoms with Crippen molar-refractivity contribution in [2.45, 2.75) is 46.1 Å². The van der Waals surface area contributed by atoms with Crippen LogP contribution in [-0.4, -0.2) is 56.7 Å². The normalized spacial score (nSPS) is 16.7. The smallest absolute Gasteiger partial charge is 0.191 e. The number of ether oxygens (including phenoxy) is 1. The lowest BCUT2D eigenvalue weighted by Gasteiger charge is -2.32. The highest BCUT2D eigenvalue weighted by molar-refractivity contribution is 5.79. The van der Waals surface area contributed by atoms with Crippen LogP contribution in [0.1, 0.15) is 37.3 Å². The van der Waals surface area contributed by atoms with Crippen LogP contribution < -0.4 is 15.4 Å². The molecular weight excluding hydrogens is 312 g/mol. The van der Waals surface area contributed by atoms with Crippen molar-refractivity contribution in [3.05, 3.63) is 29.3 Å². The van der Waals surface area contributed by atoms with Gasteiger partial charge in [0.1, 0.15) is 12.4 Å². The molecule has 1 aliphatic rings. The second-order valence-electron chi connectivity index (χ2n) is 6.83. The van der Waals surface area contributed by atoms with Crippen LogP contribution in [0.15, 0.2) is 23.2 Å². The largest absolute Gasteiger partial charge is 0.491 e. The minimum absolute atomic E-state index is 0.513. The molecule has 0 saturated carbocycles. The van der Waals surface area contributed by atoms with Gasteiger partial charge in [-0.1, -0.05) is 25.1 Å². The number of aliphatic imine (C=N–C) groups is 1. The fourth-order valence-electron chi connectivity index (χ4n) is 3.35. The molecule has 0 radical (unpaired) electrons. The summed E-state index contributed by atoms with van der Waals surface area (Å²) in [6.45, 7) is 11.4. The first-order valence-electron chi connectivity index (χ1n) is 9.52. The Kier molecular flexibility index (Phi) is 8.06. The Morgan fingerprint density at radius 1 is 1.24 bits per heavy atom. The third kappa shape index (κ3) is 6.24. The number of aryl methyl sites for hydroxylation is 2. The number of piperidine rings is 1. The van der Waals surface area contributed by atoms with Crippen molar-refractivity contribution in [3.63, 3.8) is 0 Å². The molecule has 0 spiro atoms. The van der Waals surface area contributed by atoms with E-state index in [9.17, 15) is 0 Å². The van der Waals surface area contributed by atoms with Crippen molar-refractivity contribution in [1.29, 1.82) is 0 Å². The summed E-state index contributed by atoms with van der Waals surface area (Å²) >= 11 is 0. The average Bonchev–Trinajstić information content (AvgIpc) is 2.61. The van der Waals surface area contributed by atoms with Crippen LogP contribution in [0, 0.1) is 13.8 Å². The van der Waals surface area contributed by atoms with Gasteiger partial charge in [0, 0.05) is 26.2 Å². The Morgan fingerprint density at radius 2 is 1.92 bits per heavy atom. The number of rotatable bonds is 7. The van der Waals surface area contributed by atoms with Crippen LogP contribution in [0.25, 0.3) is 0 Å². The van der Waals surface area contributed by atoms with E-state index in [4.69, 9.17) is 4.74 Å². The summed E-state index contributed by atoms with van der Waals surface area (Å²) in [5.41, 5.74) is 2.36. The van der Waals surface area contributed by atoms with E-state index in [1.165, 1.54) is 50.0 Å². The van der Waals surface area contributed by atoms with E-state index >= 15 is 0 Å². The molecule has 0 atom stereocenters. The number of benzene rings is 1. The van der Waals surface area contributed by atoms with Gasteiger partial charge in [-0.25, -0.2) is 0 Å². The van der Waals surface area contributed by atoms with Gasteiger partial charge >= 0.3 is 0 Å². The zero-order valence-corrected chi connectivity index (χ0v) is 16.3. The molecule has 0 unspecified atom stereocenters. The lowest BCUT2D eigenvalue weighted by molar-refractivity contribution is 0.206. The topological polar surface area (TPSA) is 48.9 Å². The highest BCUT2D eigenvalue weighted by Crippen LogP contribution is 2.21. The summed E-state index contributed by atoms with van der Waals surface area (Å²) in [6.07, 6.45) is 3.60. The molecule has 1 fully saturated rings.